The summed E-state index contributed by atoms with van der Waals surface area (Å²) >= 11 is 0. The van der Waals surface area contributed by atoms with Crippen molar-refractivity contribution in [2.45, 2.75) is 12.5 Å². The Morgan fingerprint density at radius 2 is 2.60 bits per heavy atom. The molecule has 0 saturated carbocycles. The van der Waals surface area contributed by atoms with Crippen LogP contribution >= 0.6 is 0 Å². The predicted molar refractivity (Wildman–Crippen MR) is 40.5 cm³/mol. The minimum absolute atomic E-state index is 0.183. The van der Waals surface area contributed by atoms with Gasteiger partial charge in [0.1, 0.15) is 0 Å². The average Bonchev–Trinajstić information content (AvgIpc) is 1.94. The molecule has 2 nitrogen and oxygen atoms in total. The molecule has 0 aliphatic carbocycles. The van der Waals surface area contributed by atoms with Gasteiger partial charge in [-0.3, -0.25) is 4.79 Å². The van der Waals surface area contributed by atoms with Crippen LogP contribution in [0.25, 0.3) is 0 Å². The third-order valence-corrected chi connectivity index (χ3v) is 1.70. The highest BCUT2D eigenvalue weighted by molar-refractivity contribution is 5.90. The van der Waals surface area contributed by atoms with Gasteiger partial charge in [0.25, 0.3) is 0 Å². The number of hydrogen-bond donors (Lipinski definition) is 0. The van der Waals surface area contributed by atoms with E-state index < -0.39 is 0 Å². The number of carbonyl (C=O) groups excluding carboxylic acids is 1. The van der Waals surface area contributed by atoms with Crippen molar-refractivity contribution in [2.24, 2.45) is 0 Å². The molecular formula is C8H11NO. The zero-order valence-electron chi connectivity index (χ0n) is 6.08. The topological polar surface area (TPSA) is 20.3 Å². The molecule has 0 aromatic heterocycles. The summed E-state index contributed by atoms with van der Waals surface area (Å²) in [4.78, 5) is 12.8. The van der Waals surface area contributed by atoms with Gasteiger partial charge < -0.3 is 4.90 Å². The highest BCUT2D eigenvalue weighted by Gasteiger charge is 2.15. The zero-order chi connectivity index (χ0) is 7.56. The number of nitrogens with zero attached hydrogens (tertiary/aromatic N) is 1. The summed E-state index contributed by atoms with van der Waals surface area (Å²) in [6.45, 7) is 3.64. The van der Waals surface area contributed by atoms with Crippen molar-refractivity contribution in [2.75, 3.05) is 7.05 Å². The van der Waals surface area contributed by atoms with E-state index in [-0.39, 0.29) is 11.8 Å². The second-order valence-electron chi connectivity index (χ2n) is 2.45. The number of likely N-dealkylation sites (N-methyl/N-ethyl adjacent to an activating group) is 1. The number of ketones is 1. The number of carbonyl (C=O) groups is 1. The van der Waals surface area contributed by atoms with E-state index in [2.05, 4.69) is 6.58 Å². The minimum Gasteiger partial charge on any atom is -0.373 e. The summed E-state index contributed by atoms with van der Waals surface area (Å²) in [6, 6.07) is 0.192. The number of rotatable bonds is 1. The van der Waals surface area contributed by atoms with Gasteiger partial charge in [0.05, 0.1) is 6.04 Å². The minimum atomic E-state index is 0.183. The Kier molecular flexibility index (Phi) is 1.90. The lowest BCUT2D eigenvalue weighted by molar-refractivity contribution is -0.115. The Hall–Kier alpha value is -1.05. The summed E-state index contributed by atoms with van der Waals surface area (Å²) in [6.07, 6.45) is 5.75. The van der Waals surface area contributed by atoms with E-state index in [0.29, 0.717) is 6.42 Å². The van der Waals surface area contributed by atoms with Crippen LogP contribution in [-0.4, -0.2) is 23.8 Å². The Bertz CT molecular complexity index is 184. The van der Waals surface area contributed by atoms with E-state index in [0.717, 1.165) is 0 Å². The molecule has 1 heterocycles. The average molecular weight is 137 g/mol. The highest BCUT2D eigenvalue weighted by atomic mass is 16.1. The van der Waals surface area contributed by atoms with Crippen LogP contribution in [0.5, 0.6) is 0 Å². The number of allylic oxidation sites excluding steroid dienone is 1. The monoisotopic (exact) mass is 137 g/mol. The number of hydrogen-bond acceptors (Lipinski definition) is 2. The van der Waals surface area contributed by atoms with Crippen LogP contribution in [-0.2, 0) is 4.79 Å². The van der Waals surface area contributed by atoms with Crippen LogP contribution in [0.3, 0.4) is 0 Å². The normalized spacial score (nSPS) is 25.1. The first kappa shape index (κ1) is 7.06. The van der Waals surface area contributed by atoms with E-state index in [1.165, 1.54) is 0 Å². The summed E-state index contributed by atoms with van der Waals surface area (Å²) < 4.78 is 0. The summed E-state index contributed by atoms with van der Waals surface area (Å²) in [5.74, 6) is 0.183. The van der Waals surface area contributed by atoms with Gasteiger partial charge in [-0.15, -0.1) is 6.58 Å². The van der Waals surface area contributed by atoms with Crippen molar-refractivity contribution in [1.82, 2.24) is 4.90 Å². The van der Waals surface area contributed by atoms with E-state index >= 15 is 0 Å². The van der Waals surface area contributed by atoms with Crippen molar-refractivity contribution >= 4 is 5.78 Å². The van der Waals surface area contributed by atoms with Crippen molar-refractivity contribution in [1.29, 1.82) is 0 Å². The van der Waals surface area contributed by atoms with Gasteiger partial charge in [-0.25, -0.2) is 0 Å². The molecule has 1 atom stereocenters. The van der Waals surface area contributed by atoms with Crippen molar-refractivity contribution < 1.29 is 4.79 Å². The standard InChI is InChI=1S/C8H11NO/c1-3-7-6-8(10)4-5-9(7)2/h3-5,7H,1,6H2,2H3. The van der Waals surface area contributed by atoms with Gasteiger partial charge in [-0.2, -0.15) is 0 Å². The van der Waals surface area contributed by atoms with Crippen LogP contribution in [0, 0.1) is 0 Å². The van der Waals surface area contributed by atoms with Crippen LogP contribution in [0.1, 0.15) is 6.42 Å². The molecule has 1 aliphatic rings. The first-order valence-electron chi connectivity index (χ1n) is 3.29. The van der Waals surface area contributed by atoms with E-state index in [1.807, 2.05) is 11.9 Å². The Balaban J connectivity index is 2.70. The summed E-state index contributed by atoms with van der Waals surface area (Å²) in [5.41, 5.74) is 0. The van der Waals surface area contributed by atoms with Crippen LogP contribution in [0.4, 0.5) is 0 Å². The molecule has 2 heteroatoms. The molecule has 0 fully saturated rings. The van der Waals surface area contributed by atoms with Gasteiger partial charge in [0, 0.05) is 19.7 Å². The van der Waals surface area contributed by atoms with Crippen LogP contribution in [0.2, 0.25) is 0 Å². The molecule has 1 rings (SSSR count). The lowest BCUT2D eigenvalue weighted by Crippen LogP contribution is -2.30. The zero-order valence-corrected chi connectivity index (χ0v) is 6.08. The summed E-state index contributed by atoms with van der Waals surface area (Å²) in [5, 5.41) is 0. The molecule has 0 spiro atoms. The molecule has 1 unspecified atom stereocenters. The fourth-order valence-corrected chi connectivity index (χ4v) is 0.979. The van der Waals surface area contributed by atoms with Crippen LogP contribution in [0.15, 0.2) is 24.9 Å². The fourth-order valence-electron chi connectivity index (χ4n) is 0.979. The molecule has 0 aromatic rings. The largest absolute Gasteiger partial charge is 0.373 e. The fraction of sp³-hybridized carbons (Fsp3) is 0.375. The smallest absolute Gasteiger partial charge is 0.159 e. The Labute approximate surface area is 60.8 Å². The Morgan fingerprint density at radius 3 is 3.10 bits per heavy atom. The summed E-state index contributed by atoms with van der Waals surface area (Å²) in [7, 11) is 1.94. The molecule has 0 amide bonds. The molecule has 0 bridgehead atoms. The van der Waals surface area contributed by atoms with Crippen molar-refractivity contribution in [3.05, 3.63) is 24.9 Å². The maximum Gasteiger partial charge on any atom is 0.159 e. The maximum absolute atomic E-state index is 10.8. The quantitative estimate of drug-likeness (QED) is 0.502. The lowest BCUT2D eigenvalue weighted by Gasteiger charge is -2.25. The second-order valence-corrected chi connectivity index (χ2v) is 2.45. The SMILES string of the molecule is C=CC1CC(=O)C=CN1C. The van der Waals surface area contributed by atoms with Gasteiger partial charge in [0.15, 0.2) is 5.78 Å². The molecular weight excluding hydrogens is 126 g/mol. The Morgan fingerprint density at radius 1 is 1.90 bits per heavy atom. The van der Waals surface area contributed by atoms with Crippen molar-refractivity contribution in [3.8, 4) is 0 Å². The van der Waals surface area contributed by atoms with E-state index in [1.54, 1.807) is 18.4 Å². The second kappa shape index (κ2) is 2.69. The molecule has 54 valence electrons. The van der Waals surface area contributed by atoms with Gasteiger partial charge in [-0.05, 0) is 6.08 Å². The first-order chi connectivity index (χ1) is 4.74. The highest BCUT2D eigenvalue weighted by Crippen LogP contribution is 2.09. The molecule has 0 radical (unpaired) electrons. The van der Waals surface area contributed by atoms with E-state index in [4.69, 9.17) is 0 Å². The molecule has 0 saturated heterocycles. The van der Waals surface area contributed by atoms with Crippen LogP contribution < -0.4 is 0 Å². The molecule has 10 heavy (non-hydrogen) atoms. The van der Waals surface area contributed by atoms with E-state index in [9.17, 15) is 4.79 Å². The third kappa shape index (κ3) is 1.26. The van der Waals surface area contributed by atoms with Gasteiger partial charge in [0.2, 0.25) is 0 Å². The first-order valence-corrected chi connectivity index (χ1v) is 3.29. The van der Waals surface area contributed by atoms with Crippen molar-refractivity contribution in [3.63, 3.8) is 0 Å². The molecule has 0 N–H and O–H groups in total. The lowest BCUT2D eigenvalue weighted by atomic mass is 10.1. The molecule has 0 aromatic carbocycles. The predicted octanol–water partition coefficient (Wildman–Crippen LogP) is 0.959. The third-order valence-electron chi connectivity index (χ3n) is 1.70. The molecule has 1 aliphatic heterocycles. The maximum atomic E-state index is 10.8. The van der Waals surface area contributed by atoms with Gasteiger partial charge >= 0.3 is 0 Å². The van der Waals surface area contributed by atoms with Gasteiger partial charge in [-0.1, -0.05) is 6.08 Å².